The first-order chi connectivity index (χ1) is 7.59. The van der Waals surface area contributed by atoms with Crippen LogP contribution in [0.3, 0.4) is 0 Å². The molecule has 0 spiro atoms. The van der Waals surface area contributed by atoms with Crippen LogP contribution >= 0.6 is 0 Å². The molecule has 1 atom stereocenters. The number of rotatable bonds is 2. The first-order valence-corrected chi connectivity index (χ1v) is 5.71. The normalized spacial score (nSPS) is 20.8. The molecule has 0 bridgehead atoms. The van der Waals surface area contributed by atoms with Gasteiger partial charge in [-0.25, -0.2) is 0 Å². The van der Waals surface area contributed by atoms with Gasteiger partial charge in [0.15, 0.2) is 0 Å². The van der Waals surface area contributed by atoms with Gasteiger partial charge in [-0.05, 0) is 31.4 Å². The molecule has 1 aliphatic rings. The van der Waals surface area contributed by atoms with Crippen molar-refractivity contribution in [2.24, 2.45) is 5.73 Å². The highest BCUT2D eigenvalue weighted by Crippen LogP contribution is 2.24. The van der Waals surface area contributed by atoms with E-state index in [0.29, 0.717) is 6.04 Å². The predicted octanol–water partition coefficient (Wildman–Crippen LogP) is 1.31. The fourth-order valence-electron chi connectivity index (χ4n) is 2.35. The molecule has 0 aliphatic carbocycles. The highest BCUT2D eigenvalue weighted by Gasteiger charge is 2.31. The number of amides is 1. The summed E-state index contributed by atoms with van der Waals surface area (Å²) in [7, 11) is 0. The minimum Gasteiger partial charge on any atom is -0.368 e. The number of nitrogens with two attached hydrogens (primary N) is 1. The summed E-state index contributed by atoms with van der Waals surface area (Å²) < 4.78 is 0. The van der Waals surface area contributed by atoms with Crippen LogP contribution in [0.15, 0.2) is 24.3 Å². The lowest BCUT2D eigenvalue weighted by atomic mass is 9.92. The molecule has 16 heavy (non-hydrogen) atoms. The maximum absolute atomic E-state index is 11.5. The number of hydrogen-bond acceptors (Lipinski definition) is 2. The fraction of sp³-hybridized carbons (Fsp3) is 0.462. The van der Waals surface area contributed by atoms with Gasteiger partial charge in [-0.1, -0.05) is 24.3 Å². The van der Waals surface area contributed by atoms with E-state index in [0.717, 1.165) is 13.0 Å². The van der Waals surface area contributed by atoms with Gasteiger partial charge >= 0.3 is 0 Å². The molecule has 0 radical (unpaired) electrons. The van der Waals surface area contributed by atoms with Crippen LogP contribution < -0.4 is 5.73 Å². The van der Waals surface area contributed by atoms with E-state index in [1.807, 2.05) is 12.1 Å². The Balaban J connectivity index is 2.33. The average Bonchev–Trinajstić information content (AvgIpc) is 2.27. The molecule has 1 heterocycles. The number of nitrogens with zero attached hydrogens (tertiary/aromatic N) is 1. The van der Waals surface area contributed by atoms with Crippen molar-refractivity contribution in [3.63, 3.8) is 0 Å². The van der Waals surface area contributed by atoms with E-state index in [4.69, 9.17) is 5.73 Å². The highest BCUT2D eigenvalue weighted by molar-refractivity contribution is 5.80. The van der Waals surface area contributed by atoms with Crippen LogP contribution in [0.4, 0.5) is 0 Å². The number of fused-ring (bicyclic) bond motifs is 1. The van der Waals surface area contributed by atoms with E-state index >= 15 is 0 Å². The quantitative estimate of drug-likeness (QED) is 0.813. The van der Waals surface area contributed by atoms with E-state index in [1.54, 1.807) is 0 Å². The van der Waals surface area contributed by atoms with E-state index in [2.05, 4.69) is 30.9 Å². The lowest BCUT2D eigenvalue weighted by Gasteiger charge is -2.37. The molecule has 3 nitrogen and oxygen atoms in total. The third-order valence-corrected chi connectivity index (χ3v) is 3.28. The topological polar surface area (TPSA) is 46.3 Å². The summed E-state index contributed by atoms with van der Waals surface area (Å²) in [5.41, 5.74) is 8.04. The summed E-state index contributed by atoms with van der Waals surface area (Å²) in [5, 5.41) is 0. The molecular weight excluding hydrogens is 200 g/mol. The molecule has 2 rings (SSSR count). The summed E-state index contributed by atoms with van der Waals surface area (Å²) in [5.74, 6) is -0.219. The molecule has 86 valence electrons. The van der Waals surface area contributed by atoms with Crippen molar-refractivity contribution in [2.45, 2.75) is 38.9 Å². The van der Waals surface area contributed by atoms with Gasteiger partial charge in [0.2, 0.25) is 5.91 Å². The van der Waals surface area contributed by atoms with Crippen LogP contribution in [-0.2, 0) is 17.8 Å². The molecule has 1 aliphatic heterocycles. The lowest BCUT2D eigenvalue weighted by Crippen LogP contribution is -2.51. The van der Waals surface area contributed by atoms with Crippen LogP contribution in [0.2, 0.25) is 0 Å². The number of hydrogen-bond donors (Lipinski definition) is 1. The molecule has 0 fully saturated rings. The fourth-order valence-corrected chi connectivity index (χ4v) is 2.35. The Morgan fingerprint density at radius 2 is 2.00 bits per heavy atom. The molecule has 1 unspecified atom stereocenters. The standard InChI is InChI=1S/C13H18N2O/c1-9(2)15-8-11-6-4-3-5-10(11)7-12(15)13(14)16/h3-6,9,12H,7-8H2,1-2H3,(H2,14,16). The molecule has 1 amide bonds. The molecule has 3 heteroatoms. The van der Waals surface area contributed by atoms with Gasteiger partial charge < -0.3 is 5.73 Å². The van der Waals surface area contributed by atoms with Gasteiger partial charge in [0.05, 0.1) is 6.04 Å². The molecular formula is C13H18N2O. The van der Waals surface area contributed by atoms with Gasteiger partial charge in [-0.3, -0.25) is 9.69 Å². The highest BCUT2D eigenvalue weighted by atomic mass is 16.1. The Bertz CT molecular complexity index is 401. The second-order valence-corrected chi connectivity index (χ2v) is 4.66. The van der Waals surface area contributed by atoms with Crippen molar-refractivity contribution >= 4 is 5.91 Å². The van der Waals surface area contributed by atoms with Crippen molar-refractivity contribution in [2.75, 3.05) is 0 Å². The SMILES string of the molecule is CC(C)N1Cc2ccccc2CC1C(N)=O. The minimum atomic E-state index is -0.219. The van der Waals surface area contributed by atoms with Crippen molar-refractivity contribution < 1.29 is 4.79 Å². The Hall–Kier alpha value is -1.35. The zero-order valence-electron chi connectivity index (χ0n) is 9.81. The molecule has 0 saturated heterocycles. The summed E-state index contributed by atoms with van der Waals surface area (Å²) in [6.45, 7) is 5.02. The summed E-state index contributed by atoms with van der Waals surface area (Å²) in [6.07, 6.45) is 0.740. The third kappa shape index (κ3) is 1.95. The van der Waals surface area contributed by atoms with Crippen molar-refractivity contribution in [1.82, 2.24) is 4.90 Å². The van der Waals surface area contributed by atoms with Gasteiger partial charge in [0, 0.05) is 12.6 Å². The van der Waals surface area contributed by atoms with Gasteiger partial charge in [0.25, 0.3) is 0 Å². The molecule has 1 aromatic rings. The second kappa shape index (κ2) is 4.26. The van der Waals surface area contributed by atoms with E-state index in [1.165, 1.54) is 11.1 Å². The maximum Gasteiger partial charge on any atom is 0.235 e. The van der Waals surface area contributed by atoms with Gasteiger partial charge in [0.1, 0.15) is 0 Å². The average molecular weight is 218 g/mol. The molecule has 0 aromatic heterocycles. The predicted molar refractivity (Wildman–Crippen MR) is 63.8 cm³/mol. The summed E-state index contributed by atoms with van der Waals surface area (Å²) >= 11 is 0. The number of primary amides is 1. The third-order valence-electron chi connectivity index (χ3n) is 3.28. The second-order valence-electron chi connectivity index (χ2n) is 4.66. The van der Waals surface area contributed by atoms with E-state index in [-0.39, 0.29) is 11.9 Å². The van der Waals surface area contributed by atoms with Crippen LogP contribution in [0.5, 0.6) is 0 Å². The Morgan fingerprint density at radius 3 is 2.56 bits per heavy atom. The largest absolute Gasteiger partial charge is 0.368 e. The van der Waals surface area contributed by atoms with E-state index < -0.39 is 0 Å². The zero-order chi connectivity index (χ0) is 11.7. The van der Waals surface area contributed by atoms with Crippen LogP contribution in [0, 0.1) is 0 Å². The maximum atomic E-state index is 11.5. The van der Waals surface area contributed by atoms with Crippen LogP contribution in [-0.4, -0.2) is 22.9 Å². The van der Waals surface area contributed by atoms with Crippen molar-refractivity contribution in [1.29, 1.82) is 0 Å². The lowest BCUT2D eigenvalue weighted by molar-refractivity contribution is -0.124. The van der Waals surface area contributed by atoms with Crippen molar-refractivity contribution in [3.8, 4) is 0 Å². The zero-order valence-corrected chi connectivity index (χ0v) is 9.81. The summed E-state index contributed by atoms with van der Waals surface area (Å²) in [6, 6.07) is 8.45. The molecule has 0 saturated carbocycles. The van der Waals surface area contributed by atoms with Gasteiger partial charge in [-0.15, -0.1) is 0 Å². The van der Waals surface area contributed by atoms with E-state index in [9.17, 15) is 4.79 Å². The Kier molecular flexibility index (Phi) is 2.97. The monoisotopic (exact) mass is 218 g/mol. The molecule has 1 aromatic carbocycles. The first kappa shape index (κ1) is 11.1. The Morgan fingerprint density at radius 1 is 1.38 bits per heavy atom. The number of carbonyl (C=O) groups excluding carboxylic acids is 1. The minimum absolute atomic E-state index is 0.158. The number of carbonyl (C=O) groups is 1. The smallest absolute Gasteiger partial charge is 0.235 e. The van der Waals surface area contributed by atoms with Crippen LogP contribution in [0.1, 0.15) is 25.0 Å². The summed E-state index contributed by atoms with van der Waals surface area (Å²) in [4.78, 5) is 13.6. The number of benzene rings is 1. The van der Waals surface area contributed by atoms with Gasteiger partial charge in [-0.2, -0.15) is 0 Å². The molecule has 2 N–H and O–H groups in total. The Labute approximate surface area is 96.2 Å². The van der Waals surface area contributed by atoms with Crippen molar-refractivity contribution in [3.05, 3.63) is 35.4 Å². The first-order valence-electron chi connectivity index (χ1n) is 5.71. The van der Waals surface area contributed by atoms with Crippen LogP contribution in [0.25, 0.3) is 0 Å².